The standard InChI is InChI=1S/C23H22N4O2/c1-16-10-11-21-24-18(12-23(29)27(21)13-16)14-26(2)15-22(28)25-20-9-5-7-17-6-3-4-8-19(17)20/h3-13H,14-15H2,1-2H3,(H,25,28)/p+1. The van der Waals surface area contributed by atoms with Crippen molar-refractivity contribution in [2.45, 2.75) is 13.5 Å². The quantitative estimate of drug-likeness (QED) is 0.549. The summed E-state index contributed by atoms with van der Waals surface area (Å²) in [7, 11) is 1.92. The van der Waals surface area contributed by atoms with Crippen molar-refractivity contribution in [3.05, 3.63) is 88.5 Å². The van der Waals surface area contributed by atoms with Crippen LogP contribution in [0.1, 0.15) is 11.3 Å². The van der Waals surface area contributed by atoms with Crippen molar-refractivity contribution < 1.29 is 9.69 Å². The van der Waals surface area contributed by atoms with Gasteiger partial charge in [-0.3, -0.25) is 14.0 Å². The number of quaternary nitrogens is 1. The summed E-state index contributed by atoms with van der Waals surface area (Å²) in [5, 5.41) is 5.10. The molecule has 0 saturated carbocycles. The van der Waals surface area contributed by atoms with Crippen molar-refractivity contribution in [3.8, 4) is 0 Å². The fraction of sp³-hybridized carbons (Fsp3) is 0.174. The molecule has 2 heterocycles. The van der Waals surface area contributed by atoms with Crippen molar-refractivity contribution in [2.75, 3.05) is 18.9 Å². The SMILES string of the molecule is Cc1ccc2nc(C[NH+](C)CC(=O)Nc3cccc4ccccc34)cc(=O)n2c1. The Labute approximate surface area is 168 Å². The third kappa shape index (κ3) is 4.17. The van der Waals surface area contributed by atoms with Crippen LogP contribution >= 0.6 is 0 Å². The number of nitrogens with zero attached hydrogens (tertiary/aromatic N) is 2. The molecule has 0 fully saturated rings. The number of hydrogen-bond donors (Lipinski definition) is 2. The maximum Gasteiger partial charge on any atom is 0.279 e. The molecule has 0 aliphatic carbocycles. The number of carbonyl (C=O) groups is 1. The van der Waals surface area contributed by atoms with Gasteiger partial charge < -0.3 is 10.2 Å². The molecule has 6 nitrogen and oxygen atoms in total. The van der Waals surface area contributed by atoms with Crippen LogP contribution in [0.5, 0.6) is 0 Å². The number of carbonyl (C=O) groups excluding carboxylic acids is 1. The number of pyridine rings is 1. The molecule has 6 heteroatoms. The van der Waals surface area contributed by atoms with Gasteiger partial charge >= 0.3 is 0 Å². The summed E-state index contributed by atoms with van der Waals surface area (Å²) in [6.45, 7) is 2.70. The number of rotatable bonds is 5. The Balaban J connectivity index is 1.46. The second-order valence-electron chi connectivity index (χ2n) is 7.41. The van der Waals surface area contributed by atoms with Gasteiger partial charge in [-0.15, -0.1) is 0 Å². The molecule has 2 aromatic carbocycles. The molecule has 4 aromatic rings. The number of hydrogen-bond acceptors (Lipinski definition) is 3. The largest absolute Gasteiger partial charge is 0.325 e. The van der Waals surface area contributed by atoms with Gasteiger partial charge in [-0.05, 0) is 30.0 Å². The lowest BCUT2D eigenvalue weighted by molar-refractivity contribution is -0.885. The van der Waals surface area contributed by atoms with Crippen LogP contribution in [-0.2, 0) is 11.3 Å². The molecule has 1 amide bonds. The van der Waals surface area contributed by atoms with E-state index in [4.69, 9.17) is 0 Å². The molecule has 1 atom stereocenters. The molecule has 4 rings (SSSR count). The minimum Gasteiger partial charge on any atom is -0.325 e. The predicted molar refractivity (Wildman–Crippen MR) is 114 cm³/mol. The molecule has 146 valence electrons. The number of nitrogens with one attached hydrogen (secondary N) is 2. The van der Waals surface area contributed by atoms with E-state index in [-0.39, 0.29) is 18.0 Å². The second-order valence-corrected chi connectivity index (χ2v) is 7.41. The Kier molecular flexibility index (Phi) is 5.10. The zero-order valence-corrected chi connectivity index (χ0v) is 16.5. The molecule has 0 bridgehead atoms. The van der Waals surface area contributed by atoms with Gasteiger partial charge in [-0.2, -0.15) is 0 Å². The molecule has 0 aliphatic heterocycles. The Morgan fingerprint density at radius 2 is 1.90 bits per heavy atom. The molecule has 0 saturated heterocycles. The topological polar surface area (TPSA) is 67.9 Å². The molecule has 0 aliphatic rings. The van der Waals surface area contributed by atoms with Crippen LogP contribution in [0, 0.1) is 6.92 Å². The number of likely N-dealkylation sites (N-methyl/N-ethyl adjacent to an activating group) is 1. The van der Waals surface area contributed by atoms with Crippen LogP contribution in [0.2, 0.25) is 0 Å². The molecular weight excluding hydrogens is 364 g/mol. The minimum atomic E-state index is -0.110. The number of anilines is 1. The summed E-state index contributed by atoms with van der Waals surface area (Å²) in [6.07, 6.45) is 1.78. The van der Waals surface area contributed by atoms with Crippen LogP contribution in [0.25, 0.3) is 16.4 Å². The van der Waals surface area contributed by atoms with E-state index in [1.54, 1.807) is 16.7 Å². The Bertz CT molecular complexity index is 1260. The van der Waals surface area contributed by atoms with Crippen LogP contribution in [-0.4, -0.2) is 28.9 Å². The average molecular weight is 387 g/mol. The first-order chi connectivity index (χ1) is 14.0. The predicted octanol–water partition coefficient (Wildman–Crippen LogP) is 1.81. The van der Waals surface area contributed by atoms with Crippen molar-refractivity contribution in [1.29, 1.82) is 0 Å². The van der Waals surface area contributed by atoms with E-state index < -0.39 is 0 Å². The monoisotopic (exact) mass is 387 g/mol. The number of aryl methyl sites for hydroxylation is 1. The normalized spacial score (nSPS) is 12.2. The van der Waals surface area contributed by atoms with Crippen LogP contribution in [0.3, 0.4) is 0 Å². The fourth-order valence-corrected chi connectivity index (χ4v) is 3.52. The van der Waals surface area contributed by atoms with Crippen molar-refractivity contribution in [3.63, 3.8) is 0 Å². The first-order valence-electron chi connectivity index (χ1n) is 9.57. The van der Waals surface area contributed by atoms with Crippen molar-refractivity contribution in [2.24, 2.45) is 0 Å². The van der Waals surface area contributed by atoms with Crippen LogP contribution in [0.15, 0.2) is 71.7 Å². The van der Waals surface area contributed by atoms with E-state index in [1.165, 1.54) is 0 Å². The van der Waals surface area contributed by atoms with E-state index in [1.807, 2.05) is 68.6 Å². The highest BCUT2D eigenvalue weighted by molar-refractivity contribution is 6.02. The summed E-state index contributed by atoms with van der Waals surface area (Å²) in [5.41, 5.74) is 2.99. The van der Waals surface area contributed by atoms with E-state index in [0.717, 1.165) is 26.9 Å². The van der Waals surface area contributed by atoms with Gasteiger partial charge in [0.2, 0.25) is 0 Å². The van der Waals surface area contributed by atoms with Gasteiger partial charge in [-0.25, -0.2) is 4.98 Å². The summed E-state index contributed by atoms with van der Waals surface area (Å²) < 4.78 is 1.54. The van der Waals surface area contributed by atoms with Gasteiger partial charge in [-0.1, -0.05) is 42.5 Å². The maximum absolute atomic E-state index is 12.6. The van der Waals surface area contributed by atoms with Crippen LogP contribution < -0.4 is 15.8 Å². The minimum absolute atomic E-state index is 0.0769. The molecule has 0 spiro atoms. The summed E-state index contributed by atoms with van der Waals surface area (Å²) in [4.78, 5) is 30.4. The third-order valence-electron chi connectivity index (χ3n) is 4.87. The number of fused-ring (bicyclic) bond motifs is 2. The summed E-state index contributed by atoms with van der Waals surface area (Å²) in [5.74, 6) is -0.0769. The van der Waals surface area contributed by atoms with E-state index in [2.05, 4.69) is 10.3 Å². The van der Waals surface area contributed by atoms with Gasteiger partial charge in [0.15, 0.2) is 6.54 Å². The first kappa shape index (κ1) is 18.8. The van der Waals surface area contributed by atoms with Crippen molar-refractivity contribution in [1.82, 2.24) is 9.38 Å². The molecule has 0 radical (unpaired) electrons. The Morgan fingerprint density at radius 3 is 2.76 bits per heavy atom. The molecule has 1 unspecified atom stereocenters. The van der Waals surface area contributed by atoms with Gasteiger partial charge in [0.05, 0.1) is 7.05 Å². The van der Waals surface area contributed by atoms with Gasteiger partial charge in [0, 0.05) is 23.3 Å². The molecular formula is C23H23N4O2+. The summed E-state index contributed by atoms with van der Waals surface area (Å²) in [6, 6.07) is 19.1. The molecule has 2 N–H and O–H groups in total. The number of amides is 1. The smallest absolute Gasteiger partial charge is 0.279 e. The average Bonchev–Trinajstić information content (AvgIpc) is 2.69. The third-order valence-corrected chi connectivity index (χ3v) is 4.87. The van der Waals surface area contributed by atoms with E-state index in [0.29, 0.717) is 17.9 Å². The fourth-order valence-electron chi connectivity index (χ4n) is 3.52. The van der Waals surface area contributed by atoms with Crippen LogP contribution in [0.4, 0.5) is 5.69 Å². The molecule has 29 heavy (non-hydrogen) atoms. The van der Waals surface area contributed by atoms with Gasteiger partial charge in [0.25, 0.3) is 11.5 Å². The molecule has 2 aromatic heterocycles. The Hall–Kier alpha value is -3.51. The van der Waals surface area contributed by atoms with E-state index in [9.17, 15) is 9.59 Å². The van der Waals surface area contributed by atoms with Gasteiger partial charge in [0.1, 0.15) is 17.9 Å². The highest BCUT2D eigenvalue weighted by atomic mass is 16.2. The zero-order valence-electron chi connectivity index (χ0n) is 16.5. The number of aromatic nitrogens is 2. The maximum atomic E-state index is 12.6. The Morgan fingerprint density at radius 1 is 1.10 bits per heavy atom. The second kappa shape index (κ2) is 7.85. The van der Waals surface area contributed by atoms with E-state index >= 15 is 0 Å². The number of benzene rings is 2. The lowest BCUT2D eigenvalue weighted by atomic mass is 10.1. The lowest BCUT2D eigenvalue weighted by Crippen LogP contribution is -3.08. The first-order valence-corrected chi connectivity index (χ1v) is 9.57. The summed E-state index contributed by atoms with van der Waals surface area (Å²) >= 11 is 0. The highest BCUT2D eigenvalue weighted by Gasteiger charge is 2.14. The lowest BCUT2D eigenvalue weighted by Gasteiger charge is -2.14. The zero-order chi connectivity index (χ0) is 20.4. The van der Waals surface area contributed by atoms with Crippen molar-refractivity contribution >= 4 is 28.0 Å². The highest BCUT2D eigenvalue weighted by Crippen LogP contribution is 2.22.